The van der Waals surface area contributed by atoms with Gasteiger partial charge < -0.3 is 4.42 Å². The van der Waals surface area contributed by atoms with Crippen LogP contribution in [0.3, 0.4) is 0 Å². The molecule has 0 fully saturated rings. The van der Waals surface area contributed by atoms with Gasteiger partial charge in [0.1, 0.15) is 11.3 Å². The van der Waals surface area contributed by atoms with Crippen molar-refractivity contribution in [1.82, 2.24) is 0 Å². The van der Waals surface area contributed by atoms with Crippen molar-refractivity contribution in [3.63, 3.8) is 0 Å². The van der Waals surface area contributed by atoms with E-state index in [1.54, 1.807) is 0 Å². The van der Waals surface area contributed by atoms with E-state index in [9.17, 15) is 0 Å². The van der Waals surface area contributed by atoms with Crippen molar-refractivity contribution in [1.29, 1.82) is 0 Å². The Morgan fingerprint density at radius 3 is 2.22 bits per heavy atom. The molecule has 2 unspecified atom stereocenters. The number of rotatable bonds is 7. The number of amidine groups is 1. The molecule has 0 N–H and O–H groups in total. The first-order chi connectivity index (χ1) is 29.2. The van der Waals surface area contributed by atoms with Crippen LogP contribution in [0.25, 0.3) is 39.4 Å². The Bertz CT molecular complexity index is 2970. The zero-order valence-corrected chi connectivity index (χ0v) is 33.2. The standard InChI is InChI=1S/C56H44N2O/c1-2-36-34-51(37-15-5-3-6-16-37)57-56(58-55(36)38-17-7-4-8-18-38)44-23-12-22-42(32-44)47-26-14-28-52-54(47)49-30-29-40(35-53(49)59-52)39-20-11-21-41(31-39)46-25-13-27-48-45-24-10-9-19-43(45)33-50(46)48/h3-19,21-25,27-32,35,39,47H,2,20,26,33-34H2,1H3. The number of fused-ring (bicyclic) bond motifs is 6. The summed E-state index contributed by atoms with van der Waals surface area (Å²) in [6.07, 6.45) is 16.1. The lowest BCUT2D eigenvalue weighted by molar-refractivity contribution is 0.589. The zero-order valence-electron chi connectivity index (χ0n) is 33.2. The van der Waals surface area contributed by atoms with Crippen LogP contribution in [0.1, 0.15) is 100 Å². The predicted molar refractivity (Wildman–Crippen MR) is 245 cm³/mol. The number of benzene rings is 6. The van der Waals surface area contributed by atoms with E-state index in [0.29, 0.717) is 0 Å². The summed E-state index contributed by atoms with van der Waals surface area (Å²) in [6, 6.07) is 52.6. The van der Waals surface area contributed by atoms with Crippen molar-refractivity contribution in [2.75, 3.05) is 0 Å². The van der Waals surface area contributed by atoms with Crippen LogP contribution < -0.4 is 0 Å². The maximum atomic E-state index is 6.72. The Labute approximate surface area is 346 Å². The fraction of sp³-hybridized carbons (Fsp3) is 0.143. The van der Waals surface area contributed by atoms with Gasteiger partial charge in [-0.05, 0) is 99.5 Å². The molecule has 0 bridgehead atoms. The molecule has 0 spiro atoms. The molecular formula is C56H44N2O. The molecule has 3 nitrogen and oxygen atoms in total. The number of hydrogen-bond acceptors (Lipinski definition) is 3. The molecule has 284 valence electrons. The van der Waals surface area contributed by atoms with E-state index in [0.717, 1.165) is 77.4 Å². The molecule has 2 heterocycles. The number of hydrogen-bond donors (Lipinski definition) is 0. The largest absolute Gasteiger partial charge is 0.456 e. The first-order valence-corrected chi connectivity index (χ1v) is 21.1. The zero-order chi connectivity index (χ0) is 39.3. The van der Waals surface area contributed by atoms with E-state index in [1.165, 1.54) is 61.0 Å². The Hall–Kier alpha value is -6.84. The summed E-state index contributed by atoms with van der Waals surface area (Å²) in [5.41, 5.74) is 19.6. The lowest BCUT2D eigenvalue weighted by Crippen LogP contribution is -2.08. The lowest BCUT2D eigenvalue weighted by atomic mass is 9.82. The molecule has 7 aromatic rings. The molecule has 0 saturated carbocycles. The average molecular weight is 761 g/mol. The highest BCUT2D eigenvalue weighted by Crippen LogP contribution is 2.45. The summed E-state index contributed by atoms with van der Waals surface area (Å²) in [5, 5.41) is 1.19. The van der Waals surface area contributed by atoms with Gasteiger partial charge in [-0.1, -0.05) is 165 Å². The second-order valence-corrected chi connectivity index (χ2v) is 16.2. The van der Waals surface area contributed by atoms with E-state index in [4.69, 9.17) is 14.4 Å². The Morgan fingerprint density at radius 1 is 0.610 bits per heavy atom. The summed E-state index contributed by atoms with van der Waals surface area (Å²) in [5.74, 6) is 2.12. The molecule has 3 heteroatoms. The molecule has 1 aliphatic heterocycles. The van der Waals surface area contributed by atoms with Crippen LogP contribution >= 0.6 is 0 Å². The second-order valence-electron chi connectivity index (χ2n) is 16.2. The third-order valence-corrected chi connectivity index (χ3v) is 12.7. The van der Waals surface area contributed by atoms with Gasteiger partial charge in [0, 0.05) is 40.3 Å². The van der Waals surface area contributed by atoms with Gasteiger partial charge in [-0.15, -0.1) is 0 Å². The molecule has 1 aromatic heterocycles. The van der Waals surface area contributed by atoms with Crippen LogP contribution in [0, 0.1) is 0 Å². The molecule has 0 amide bonds. The predicted octanol–water partition coefficient (Wildman–Crippen LogP) is 14.1. The molecule has 59 heavy (non-hydrogen) atoms. The quantitative estimate of drug-likeness (QED) is 0.159. The third-order valence-electron chi connectivity index (χ3n) is 12.7. The third kappa shape index (κ3) is 6.38. The van der Waals surface area contributed by atoms with E-state index >= 15 is 0 Å². The minimum Gasteiger partial charge on any atom is -0.456 e. The molecule has 11 rings (SSSR count). The minimum atomic E-state index is 0.148. The van der Waals surface area contributed by atoms with Crippen LogP contribution in [0.15, 0.2) is 190 Å². The topological polar surface area (TPSA) is 37.9 Å². The van der Waals surface area contributed by atoms with Crippen molar-refractivity contribution in [3.05, 3.63) is 231 Å². The lowest BCUT2D eigenvalue weighted by Gasteiger charge is -2.20. The second kappa shape index (κ2) is 14.8. The molecule has 0 saturated heterocycles. The van der Waals surface area contributed by atoms with Crippen LogP contribution in [-0.4, -0.2) is 11.5 Å². The minimum absolute atomic E-state index is 0.148. The Morgan fingerprint density at radius 2 is 1.36 bits per heavy atom. The molecule has 2 atom stereocenters. The summed E-state index contributed by atoms with van der Waals surface area (Å²) in [4.78, 5) is 10.7. The van der Waals surface area contributed by atoms with E-state index in [2.05, 4.69) is 183 Å². The first-order valence-electron chi connectivity index (χ1n) is 21.1. The van der Waals surface area contributed by atoms with Crippen LogP contribution in [0.4, 0.5) is 0 Å². The summed E-state index contributed by atoms with van der Waals surface area (Å²) in [6.45, 7) is 2.23. The first kappa shape index (κ1) is 35.3. The van der Waals surface area contributed by atoms with E-state index in [-0.39, 0.29) is 11.8 Å². The number of aliphatic imine (C=N–C) groups is 2. The summed E-state index contributed by atoms with van der Waals surface area (Å²) >= 11 is 0. The maximum Gasteiger partial charge on any atom is 0.160 e. The fourth-order valence-electron chi connectivity index (χ4n) is 9.76. The number of nitrogens with zero attached hydrogens (tertiary/aromatic N) is 2. The van der Waals surface area contributed by atoms with Gasteiger partial charge in [-0.2, -0.15) is 0 Å². The SMILES string of the molecule is CCC1=C(c2ccccc2)N=C(c2cccc(C3CC=Cc4oc5cc(C6C=C(c7cccc8c7Cc7ccccc7-8)C=CC6)ccc5c43)c2)N=C(c2ccccc2)C1. The normalized spacial score (nSPS) is 18.2. The monoisotopic (exact) mass is 760 g/mol. The summed E-state index contributed by atoms with van der Waals surface area (Å²) < 4.78 is 6.72. The average Bonchev–Trinajstić information content (AvgIpc) is 3.81. The summed E-state index contributed by atoms with van der Waals surface area (Å²) in [7, 11) is 0. The number of allylic oxidation sites excluding steroid dienone is 6. The molecule has 4 aliphatic rings. The van der Waals surface area contributed by atoms with E-state index in [1.807, 2.05) is 0 Å². The van der Waals surface area contributed by atoms with E-state index < -0.39 is 0 Å². The Kier molecular flexibility index (Phi) is 8.88. The molecule has 3 aliphatic carbocycles. The molecule has 0 radical (unpaired) electrons. The van der Waals surface area contributed by atoms with Crippen molar-refractivity contribution in [3.8, 4) is 11.1 Å². The highest BCUT2D eigenvalue weighted by Gasteiger charge is 2.28. The maximum absolute atomic E-state index is 6.72. The number of furan rings is 1. The van der Waals surface area contributed by atoms with Gasteiger partial charge in [0.25, 0.3) is 0 Å². The van der Waals surface area contributed by atoms with Gasteiger partial charge >= 0.3 is 0 Å². The van der Waals surface area contributed by atoms with Gasteiger partial charge in [0.15, 0.2) is 5.84 Å². The van der Waals surface area contributed by atoms with Crippen molar-refractivity contribution in [2.45, 2.75) is 50.9 Å². The van der Waals surface area contributed by atoms with Gasteiger partial charge in [-0.25, -0.2) is 9.98 Å². The highest BCUT2D eigenvalue weighted by molar-refractivity contribution is 6.16. The molecular weight excluding hydrogens is 717 g/mol. The van der Waals surface area contributed by atoms with Crippen molar-refractivity contribution >= 4 is 39.9 Å². The van der Waals surface area contributed by atoms with Crippen LogP contribution in [0.5, 0.6) is 0 Å². The highest BCUT2D eigenvalue weighted by atomic mass is 16.3. The van der Waals surface area contributed by atoms with Gasteiger partial charge in [-0.3, -0.25) is 0 Å². The van der Waals surface area contributed by atoms with Crippen LogP contribution in [0.2, 0.25) is 0 Å². The smallest absolute Gasteiger partial charge is 0.160 e. The van der Waals surface area contributed by atoms with Crippen molar-refractivity contribution in [2.24, 2.45) is 9.98 Å². The molecule has 6 aromatic carbocycles. The van der Waals surface area contributed by atoms with Crippen molar-refractivity contribution < 1.29 is 4.42 Å². The fourth-order valence-corrected chi connectivity index (χ4v) is 9.76. The Balaban J connectivity index is 0.940. The van der Waals surface area contributed by atoms with Gasteiger partial charge in [0.05, 0.1) is 11.4 Å². The van der Waals surface area contributed by atoms with Gasteiger partial charge in [0.2, 0.25) is 0 Å². The van der Waals surface area contributed by atoms with Crippen LogP contribution in [-0.2, 0) is 6.42 Å².